The highest BCUT2D eigenvalue weighted by Crippen LogP contribution is 2.21. The quantitative estimate of drug-likeness (QED) is 0.762. The molecule has 2 aromatic carbocycles. The summed E-state index contributed by atoms with van der Waals surface area (Å²) in [7, 11) is 0. The van der Waals surface area contributed by atoms with Crippen LogP contribution in [0.5, 0.6) is 5.75 Å². The zero-order valence-corrected chi connectivity index (χ0v) is 13.4. The second-order valence-electron chi connectivity index (χ2n) is 6.32. The van der Waals surface area contributed by atoms with Gasteiger partial charge >= 0.3 is 0 Å². The highest BCUT2D eigenvalue weighted by Gasteiger charge is 2.14. The summed E-state index contributed by atoms with van der Waals surface area (Å²) in [6.07, 6.45) is 0. The Hall–Kier alpha value is -2.09. The fraction of sp³-hybridized carbons (Fsp3) is 0.316. The number of hydrogen-bond donors (Lipinski definition) is 0. The first-order valence-electron chi connectivity index (χ1n) is 7.18. The minimum absolute atomic E-state index is 0.0542. The van der Waals surface area contributed by atoms with Crippen molar-refractivity contribution >= 4 is 5.78 Å². The Morgan fingerprint density at radius 1 is 0.952 bits per heavy atom. The number of ether oxygens (including phenoxy) is 1. The van der Waals surface area contributed by atoms with E-state index < -0.39 is 0 Å². The van der Waals surface area contributed by atoms with Crippen molar-refractivity contribution in [2.75, 3.05) is 0 Å². The van der Waals surface area contributed by atoms with Crippen molar-refractivity contribution in [1.29, 1.82) is 0 Å². The molecule has 0 radical (unpaired) electrons. The Kier molecular flexibility index (Phi) is 4.17. The molecule has 110 valence electrons. The van der Waals surface area contributed by atoms with Gasteiger partial charge in [0, 0.05) is 11.1 Å². The van der Waals surface area contributed by atoms with Gasteiger partial charge in [-0.25, -0.2) is 0 Å². The van der Waals surface area contributed by atoms with Crippen LogP contribution in [0.3, 0.4) is 0 Å². The molecule has 0 bridgehead atoms. The lowest BCUT2D eigenvalue weighted by molar-refractivity contribution is 0.103. The maximum Gasteiger partial charge on any atom is 0.193 e. The number of carbonyl (C=O) groups is 1. The lowest BCUT2D eigenvalue weighted by Gasteiger charge is -2.21. The Morgan fingerprint density at radius 3 is 2.14 bits per heavy atom. The molecule has 2 heteroatoms. The van der Waals surface area contributed by atoms with E-state index in [9.17, 15) is 4.79 Å². The van der Waals surface area contributed by atoms with Gasteiger partial charge in [-0.2, -0.15) is 0 Å². The van der Waals surface area contributed by atoms with Gasteiger partial charge in [0.2, 0.25) is 0 Å². The largest absolute Gasteiger partial charge is 0.488 e. The van der Waals surface area contributed by atoms with E-state index in [1.165, 1.54) is 0 Å². The summed E-state index contributed by atoms with van der Waals surface area (Å²) in [5.41, 5.74) is 3.38. The maximum absolute atomic E-state index is 12.6. The summed E-state index contributed by atoms with van der Waals surface area (Å²) in [5, 5.41) is 0. The van der Waals surface area contributed by atoms with Crippen molar-refractivity contribution in [2.24, 2.45) is 0 Å². The van der Waals surface area contributed by atoms with E-state index in [0.717, 1.165) is 22.4 Å². The molecule has 2 aromatic rings. The predicted molar refractivity (Wildman–Crippen MR) is 86.2 cm³/mol. The molecule has 2 rings (SSSR count). The highest BCUT2D eigenvalue weighted by atomic mass is 16.5. The van der Waals surface area contributed by atoms with Crippen molar-refractivity contribution < 1.29 is 9.53 Å². The van der Waals surface area contributed by atoms with Crippen molar-refractivity contribution in [3.63, 3.8) is 0 Å². The summed E-state index contributed by atoms with van der Waals surface area (Å²) in [6, 6.07) is 13.2. The predicted octanol–water partition coefficient (Wildman–Crippen LogP) is 4.71. The van der Waals surface area contributed by atoms with E-state index in [-0.39, 0.29) is 11.4 Å². The van der Waals surface area contributed by atoms with Gasteiger partial charge in [0.15, 0.2) is 5.78 Å². The summed E-state index contributed by atoms with van der Waals surface area (Å²) >= 11 is 0. The van der Waals surface area contributed by atoms with Crippen LogP contribution >= 0.6 is 0 Å². The second-order valence-corrected chi connectivity index (χ2v) is 6.32. The molecule has 0 unspecified atom stereocenters. The molecule has 0 aliphatic rings. The molecule has 0 amide bonds. The number of carbonyl (C=O) groups excluding carboxylic acids is 1. The van der Waals surface area contributed by atoms with E-state index in [1.807, 2.05) is 77.1 Å². The second kappa shape index (κ2) is 5.72. The Bertz CT molecular complexity index is 646. The van der Waals surface area contributed by atoms with E-state index in [1.54, 1.807) is 0 Å². The molecule has 0 fully saturated rings. The van der Waals surface area contributed by atoms with Crippen LogP contribution in [0.25, 0.3) is 0 Å². The SMILES string of the molecule is Cc1cccc(C(=O)c2ccc(OC(C)(C)C)cc2)c1C. The third-order valence-electron chi connectivity index (χ3n) is 3.39. The molecular formula is C19H22O2. The molecular weight excluding hydrogens is 260 g/mol. The van der Waals surface area contributed by atoms with Gasteiger partial charge in [-0.3, -0.25) is 4.79 Å². The van der Waals surface area contributed by atoms with Crippen LogP contribution in [0, 0.1) is 13.8 Å². The molecule has 2 nitrogen and oxygen atoms in total. The monoisotopic (exact) mass is 282 g/mol. The third kappa shape index (κ3) is 3.72. The molecule has 0 aliphatic carbocycles. The number of benzene rings is 2. The van der Waals surface area contributed by atoms with Gasteiger partial charge in [-0.1, -0.05) is 18.2 Å². The summed E-state index contributed by atoms with van der Waals surface area (Å²) in [6.45, 7) is 10.0. The van der Waals surface area contributed by atoms with Crippen LogP contribution in [0.15, 0.2) is 42.5 Å². The molecule has 0 spiro atoms. The third-order valence-corrected chi connectivity index (χ3v) is 3.39. The van der Waals surface area contributed by atoms with Crippen LogP contribution in [0.4, 0.5) is 0 Å². The molecule has 21 heavy (non-hydrogen) atoms. The number of aryl methyl sites for hydroxylation is 1. The normalized spacial score (nSPS) is 11.3. The van der Waals surface area contributed by atoms with Crippen LogP contribution in [-0.2, 0) is 0 Å². The van der Waals surface area contributed by atoms with Gasteiger partial charge in [0.1, 0.15) is 11.4 Å². The number of hydrogen-bond acceptors (Lipinski definition) is 2. The zero-order chi connectivity index (χ0) is 15.6. The maximum atomic E-state index is 12.6. The average Bonchev–Trinajstić information content (AvgIpc) is 2.40. The van der Waals surface area contributed by atoms with Gasteiger partial charge in [0.25, 0.3) is 0 Å². The molecule has 0 saturated heterocycles. The lowest BCUT2D eigenvalue weighted by Crippen LogP contribution is -2.22. The van der Waals surface area contributed by atoms with E-state index in [2.05, 4.69) is 0 Å². The van der Waals surface area contributed by atoms with E-state index in [4.69, 9.17) is 4.74 Å². The standard InChI is InChI=1S/C19H22O2/c1-13-7-6-8-17(14(13)2)18(20)15-9-11-16(12-10-15)21-19(3,4)5/h6-12H,1-5H3. The first kappa shape index (κ1) is 15.3. The summed E-state index contributed by atoms with van der Waals surface area (Å²) < 4.78 is 5.77. The minimum Gasteiger partial charge on any atom is -0.488 e. The highest BCUT2D eigenvalue weighted by molar-refractivity contribution is 6.10. The molecule has 0 aliphatic heterocycles. The van der Waals surface area contributed by atoms with Crippen molar-refractivity contribution in [3.8, 4) is 5.75 Å². The molecule has 0 atom stereocenters. The Morgan fingerprint density at radius 2 is 1.57 bits per heavy atom. The van der Waals surface area contributed by atoms with Gasteiger partial charge in [-0.15, -0.1) is 0 Å². The van der Waals surface area contributed by atoms with Crippen LogP contribution in [0.2, 0.25) is 0 Å². The van der Waals surface area contributed by atoms with Gasteiger partial charge in [-0.05, 0) is 70.0 Å². The first-order chi connectivity index (χ1) is 9.78. The minimum atomic E-state index is -0.237. The van der Waals surface area contributed by atoms with E-state index >= 15 is 0 Å². The number of rotatable bonds is 3. The van der Waals surface area contributed by atoms with Crippen LogP contribution in [0.1, 0.15) is 47.8 Å². The van der Waals surface area contributed by atoms with Crippen LogP contribution < -0.4 is 4.74 Å². The average molecular weight is 282 g/mol. The van der Waals surface area contributed by atoms with Crippen molar-refractivity contribution in [2.45, 2.75) is 40.2 Å². The smallest absolute Gasteiger partial charge is 0.193 e. The first-order valence-corrected chi connectivity index (χ1v) is 7.18. The summed E-state index contributed by atoms with van der Waals surface area (Å²) in [5.74, 6) is 0.832. The van der Waals surface area contributed by atoms with Gasteiger partial charge < -0.3 is 4.74 Å². The van der Waals surface area contributed by atoms with E-state index in [0.29, 0.717) is 5.56 Å². The Balaban J connectivity index is 2.26. The fourth-order valence-corrected chi connectivity index (χ4v) is 2.18. The topological polar surface area (TPSA) is 26.3 Å². The fourth-order valence-electron chi connectivity index (χ4n) is 2.18. The van der Waals surface area contributed by atoms with Crippen molar-refractivity contribution in [1.82, 2.24) is 0 Å². The van der Waals surface area contributed by atoms with Crippen molar-refractivity contribution in [3.05, 3.63) is 64.7 Å². The molecule has 0 saturated carbocycles. The Labute approximate surface area is 126 Å². The molecule has 0 N–H and O–H groups in total. The lowest BCUT2D eigenvalue weighted by atomic mass is 9.96. The molecule has 0 heterocycles. The number of ketones is 1. The van der Waals surface area contributed by atoms with Crippen LogP contribution in [-0.4, -0.2) is 11.4 Å². The zero-order valence-electron chi connectivity index (χ0n) is 13.4. The summed E-state index contributed by atoms with van der Waals surface area (Å²) in [4.78, 5) is 12.6. The molecule has 0 aromatic heterocycles. The van der Waals surface area contributed by atoms with Gasteiger partial charge in [0.05, 0.1) is 0 Å².